The van der Waals surface area contributed by atoms with Crippen LogP contribution < -0.4 is 9.88 Å². The Morgan fingerprint density at radius 1 is 1.19 bits per heavy atom. The van der Waals surface area contributed by atoms with E-state index in [2.05, 4.69) is 22.5 Å². The molecule has 2 N–H and O–H groups in total. The van der Waals surface area contributed by atoms with Crippen LogP contribution in [0, 0.1) is 5.82 Å². The van der Waals surface area contributed by atoms with Gasteiger partial charge in [0.05, 0.1) is 18.8 Å². The van der Waals surface area contributed by atoms with Gasteiger partial charge in [0, 0.05) is 23.8 Å². The van der Waals surface area contributed by atoms with Gasteiger partial charge in [0.1, 0.15) is 22.1 Å². The van der Waals surface area contributed by atoms with Crippen LogP contribution in [0.1, 0.15) is 11.4 Å². The summed E-state index contributed by atoms with van der Waals surface area (Å²) in [6, 6.07) is 7.58. The van der Waals surface area contributed by atoms with Gasteiger partial charge in [0.2, 0.25) is 15.9 Å². The molecule has 0 aliphatic rings. The predicted molar refractivity (Wildman–Crippen MR) is 121 cm³/mol. The molecule has 4 aromatic rings. The van der Waals surface area contributed by atoms with E-state index in [1.165, 1.54) is 12.1 Å². The van der Waals surface area contributed by atoms with Crippen LogP contribution in [0.15, 0.2) is 41.4 Å². The van der Waals surface area contributed by atoms with E-state index in [1.54, 1.807) is 25.4 Å². The SMILES string of the molecule is COc1ccc2c(ncc3nc(C[SH](C)C)n(Cc4ccc(S(N)(=O)=O)c(F)c4)c32)n1. The second-order valence-corrected chi connectivity index (χ2v) is 11.4. The lowest BCUT2D eigenvalue weighted by Gasteiger charge is -2.14. The number of benzene rings is 1. The molecule has 31 heavy (non-hydrogen) atoms. The minimum absolute atomic E-state index is 0.292. The summed E-state index contributed by atoms with van der Waals surface area (Å²) in [4.78, 5) is 13.1. The van der Waals surface area contributed by atoms with Gasteiger partial charge >= 0.3 is 0 Å². The molecule has 0 unspecified atom stereocenters. The first kappa shape index (κ1) is 21.5. The molecule has 0 bridgehead atoms. The third-order valence-electron chi connectivity index (χ3n) is 4.80. The molecular weight excluding hydrogens is 441 g/mol. The maximum absolute atomic E-state index is 14.4. The van der Waals surface area contributed by atoms with Crippen LogP contribution in [-0.2, 0) is 22.3 Å². The summed E-state index contributed by atoms with van der Waals surface area (Å²) in [6.07, 6.45) is 5.98. The monoisotopic (exact) mass is 463 g/mol. The summed E-state index contributed by atoms with van der Waals surface area (Å²) >= 11 is 0. The second-order valence-electron chi connectivity index (χ2n) is 7.38. The topological polar surface area (TPSA) is 113 Å². The van der Waals surface area contributed by atoms with E-state index in [1.807, 2.05) is 10.6 Å². The van der Waals surface area contributed by atoms with E-state index in [-0.39, 0.29) is 10.9 Å². The highest BCUT2D eigenvalue weighted by Crippen LogP contribution is 2.30. The highest BCUT2D eigenvalue weighted by molar-refractivity contribution is 8.15. The lowest BCUT2D eigenvalue weighted by atomic mass is 10.2. The minimum Gasteiger partial charge on any atom is -0.481 e. The number of hydrogen-bond donors (Lipinski definition) is 2. The van der Waals surface area contributed by atoms with Crippen LogP contribution in [0.5, 0.6) is 5.88 Å². The van der Waals surface area contributed by atoms with E-state index in [9.17, 15) is 12.8 Å². The number of methoxy groups -OCH3 is 1. The zero-order chi connectivity index (χ0) is 22.3. The van der Waals surface area contributed by atoms with Gasteiger partial charge in [0.15, 0.2) is 5.65 Å². The Labute approximate surface area is 181 Å². The van der Waals surface area contributed by atoms with E-state index in [0.29, 0.717) is 29.2 Å². The number of imidazole rings is 1. The second kappa shape index (κ2) is 8.06. The Bertz CT molecular complexity index is 1400. The highest BCUT2D eigenvalue weighted by Gasteiger charge is 2.18. The Morgan fingerprint density at radius 2 is 1.97 bits per heavy atom. The molecule has 0 atom stereocenters. The standard InChI is InChI=1S/C20H22FN5O3S2/c1-29-18-7-5-13-19-15(9-23-20(13)25-18)24-17(11-30(2)3)26(19)10-12-4-6-16(14(21)8-12)31(22,27)28/h4-9,30H,10-11H2,1-3H3,(H2,22,27,28). The summed E-state index contributed by atoms with van der Waals surface area (Å²) in [5, 5.41) is 5.88. The van der Waals surface area contributed by atoms with Crippen LogP contribution in [0.2, 0.25) is 0 Å². The van der Waals surface area contributed by atoms with Crippen molar-refractivity contribution in [1.29, 1.82) is 0 Å². The number of rotatable bonds is 6. The van der Waals surface area contributed by atoms with Crippen molar-refractivity contribution in [2.75, 3.05) is 19.6 Å². The molecule has 0 radical (unpaired) electrons. The van der Waals surface area contributed by atoms with Gasteiger partial charge in [-0.25, -0.2) is 27.9 Å². The van der Waals surface area contributed by atoms with Gasteiger partial charge in [0.25, 0.3) is 0 Å². The number of primary sulfonamides is 1. The molecule has 11 heteroatoms. The van der Waals surface area contributed by atoms with Crippen molar-refractivity contribution in [3.05, 3.63) is 53.7 Å². The van der Waals surface area contributed by atoms with E-state index >= 15 is 0 Å². The van der Waals surface area contributed by atoms with E-state index < -0.39 is 20.7 Å². The first-order valence-corrected chi connectivity index (χ1v) is 13.3. The number of nitrogens with two attached hydrogens (primary N) is 1. The van der Waals surface area contributed by atoms with Crippen molar-refractivity contribution < 1.29 is 17.5 Å². The van der Waals surface area contributed by atoms with Crippen LogP contribution >= 0.6 is 10.9 Å². The molecule has 164 valence electrons. The molecular formula is C20H22FN5O3S2. The van der Waals surface area contributed by atoms with Crippen molar-refractivity contribution in [2.24, 2.45) is 5.14 Å². The molecule has 1 aromatic carbocycles. The molecule has 0 aliphatic heterocycles. The van der Waals surface area contributed by atoms with Crippen LogP contribution in [0.25, 0.3) is 22.1 Å². The number of thiol groups is 1. The summed E-state index contributed by atoms with van der Waals surface area (Å²) in [6.45, 7) is 0.308. The number of aromatic nitrogens is 4. The Balaban J connectivity index is 1.90. The van der Waals surface area contributed by atoms with Crippen molar-refractivity contribution in [2.45, 2.75) is 17.2 Å². The number of halogens is 1. The third-order valence-corrected chi connectivity index (χ3v) is 6.66. The molecule has 4 rings (SSSR count). The summed E-state index contributed by atoms with van der Waals surface area (Å²) in [5.74, 6) is 1.20. The van der Waals surface area contributed by atoms with Crippen molar-refractivity contribution in [3.63, 3.8) is 0 Å². The lowest BCUT2D eigenvalue weighted by Crippen LogP contribution is -2.14. The van der Waals surface area contributed by atoms with Gasteiger partial charge in [-0.1, -0.05) is 6.07 Å². The van der Waals surface area contributed by atoms with Gasteiger partial charge in [-0.2, -0.15) is 4.98 Å². The fraction of sp³-hybridized carbons (Fsp3) is 0.250. The molecule has 0 fully saturated rings. The van der Waals surface area contributed by atoms with Crippen molar-refractivity contribution in [1.82, 2.24) is 19.5 Å². The minimum atomic E-state index is -4.13. The quantitative estimate of drug-likeness (QED) is 0.425. The maximum Gasteiger partial charge on any atom is 0.240 e. The van der Waals surface area contributed by atoms with Gasteiger partial charge in [-0.3, -0.25) is 10.9 Å². The van der Waals surface area contributed by atoms with E-state index in [0.717, 1.165) is 22.5 Å². The summed E-state index contributed by atoms with van der Waals surface area (Å²) in [5.41, 5.74) is 2.66. The largest absolute Gasteiger partial charge is 0.481 e. The fourth-order valence-electron chi connectivity index (χ4n) is 3.47. The number of sulfonamides is 1. The Hall–Kier alpha value is -2.76. The van der Waals surface area contributed by atoms with E-state index in [4.69, 9.17) is 14.9 Å². The average Bonchev–Trinajstić information content (AvgIpc) is 3.03. The molecule has 0 amide bonds. The first-order chi connectivity index (χ1) is 14.7. The number of hydrogen-bond acceptors (Lipinski definition) is 6. The zero-order valence-electron chi connectivity index (χ0n) is 17.2. The zero-order valence-corrected chi connectivity index (χ0v) is 18.9. The number of pyridine rings is 2. The Kier molecular flexibility index (Phi) is 5.58. The predicted octanol–water partition coefficient (Wildman–Crippen LogP) is 2.58. The third kappa shape index (κ3) is 4.21. The van der Waals surface area contributed by atoms with Gasteiger partial charge in [-0.15, -0.1) is 0 Å². The summed E-state index contributed by atoms with van der Waals surface area (Å²) < 4.78 is 44.7. The van der Waals surface area contributed by atoms with Crippen molar-refractivity contribution in [3.8, 4) is 5.88 Å². The average molecular weight is 464 g/mol. The molecule has 0 saturated heterocycles. The van der Waals surface area contributed by atoms with Gasteiger partial charge in [-0.05, 0) is 36.3 Å². The highest BCUT2D eigenvalue weighted by atomic mass is 32.2. The molecule has 3 heterocycles. The normalized spacial score (nSPS) is 12.5. The Morgan fingerprint density at radius 3 is 2.61 bits per heavy atom. The van der Waals surface area contributed by atoms with Crippen LogP contribution in [0.4, 0.5) is 4.39 Å². The summed E-state index contributed by atoms with van der Waals surface area (Å²) in [7, 11) is -2.88. The lowest BCUT2D eigenvalue weighted by molar-refractivity contribution is 0.399. The van der Waals surface area contributed by atoms with Crippen LogP contribution in [-0.4, -0.2) is 47.6 Å². The molecule has 8 nitrogen and oxygen atoms in total. The smallest absolute Gasteiger partial charge is 0.240 e. The maximum atomic E-state index is 14.4. The fourth-order valence-corrected chi connectivity index (χ4v) is 4.87. The number of ether oxygens (including phenoxy) is 1. The molecule has 0 spiro atoms. The van der Waals surface area contributed by atoms with Crippen LogP contribution in [0.3, 0.4) is 0 Å². The first-order valence-electron chi connectivity index (χ1n) is 9.32. The number of fused-ring (bicyclic) bond motifs is 3. The molecule has 0 aliphatic carbocycles. The van der Waals surface area contributed by atoms with Gasteiger partial charge < -0.3 is 9.30 Å². The number of nitrogens with zero attached hydrogens (tertiary/aromatic N) is 4. The van der Waals surface area contributed by atoms with Crippen molar-refractivity contribution >= 4 is 43.0 Å². The molecule has 3 aromatic heterocycles. The molecule has 0 saturated carbocycles.